The van der Waals surface area contributed by atoms with Crippen LogP contribution in [0.3, 0.4) is 0 Å². The molecule has 0 saturated carbocycles. The van der Waals surface area contributed by atoms with Crippen LogP contribution in [-0.4, -0.2) is 0 Å². The van der Waals surface area contributed by atoms with Crippen molar-refractivity contribution in [3.8, 4) is 11.5 Å². The van der Waals surface area contributed by atoms with Crippen LogP contribution in [0.15, 0.2) is 45.3 Å². The first-order chi connectivity index (χ1) is 8.60. The Morgan fingerprint density at radius 2 is 1.83 bits per heavy atom. The third-order valence-electron chi connectivity index (χ3n) is 2.56. The van der Waals surface area contributed by atoms with Gasteiger partial charge in [-0.1, -0.05) is 28.1 Å². The van der Waals surface area contributed by atoms with E-state index in [9.17, 15) is 0 Å². The molecule has 0 saturated heterocycles. The summed E-state index contributed by atoms with van der Waals surface area (Å²) in [5.41, 5.74) is 7.87. The first kappa shape index (κ1) is 13.6. The Kier molecular flexibility index (Phi) is 4.43. The maximum Gasteiger partial charge on any atom is 0.141 e. The Balaban J connectivity index is 2.36. The van der Waals surface area contributed by atoms with E-state index in [2.05, 4.69) is 31.9 Å². The van der Waals surface area contributed by atoms with E-state index < -0.39 is 0 Å². The summed E-state index contributed by atoms with van der Waals surface area (Å²) in [4.78, 5) is 0. The summed E-state index contributed by atoms with van der Waals surface area (Å²) in [5, 5.41) is 0. The minimum absolute atomic E-state index is 0.450. The van der Waals surface area contributed by atoms with E-state index in [0.717, 1.165) is 26.0 Å². The van der Waals surface area contributed by atoms with Crippen LogP contribution in [-0.2, 0) is 6.54 Å². The Hall–Kier alpha value is -0.840. The second-order valence-electron chi connectivity index (χ2n) is 3.99. The number of aryl methyl sites for hydroxylation is 1. The Labute approximate surface area is 123 Å². The maximum atomic E-state index is 5.91. The number of hydrogen-bond acceptors (Lipinski definition) is 2. The molecule has 0 amide bonds. The van der Waals surface area contributed by atoms with E-state index in [-0.39, 0.29) is 0 Å². The molecule has 0 aliphatic carbocycles. The van der Waals surface area contributed by atoms with Gasteiger partial charge in [0.15, 0.2) is 0 Å². The van der Waals surface area contributed by atoms with Crippen molar-refractivity contribution in [2.75, 3.05) is 0 Å². The molecular formula is C14H13Br2NO. The molecule has 0 fully saturated rings. The smallest absolute Gasteiger partial charge is 0.141 e. The van der Waals surface area contributed by atoms with Crippen molar-refractivity contribution < 1.29 is 4.74 Å². The number of nitrogens with two attached hydrogens (primary N) is 1. The molecule has 18 heavy (non-hydrogen) atoms. The molecule has 0 aliphatic heterocycles. The molecule has 4 heteroatoms. The lowest BCUT2D eigenvalue weighted by Gasteiger charge is -2.12. The van der Waals surface area contributed by atoms with Gasteiger partial charge < -0.3 is 10.5 Å². The number of halogens is 2. The van der Waals surface area contributed by atoms with Crippen molar-refractivity contribution in [2.24, 2.45) is 5.73 Å². The SMILES string of the molecule is Cc1ccc(Oc2cc(Br)ccc2CN)c(Br)c1. The molecule has 2 nitrogen and oxygen atoms in total. The highest BCUT2D eigenvalue weighted by molar-refractivity contribution is 9.10. The molecule has 0 spiro atoms. The summed E-state index contributed by atoms with van der Waals surface area (Å²) in [6.07, 6.45) is 0. The fourth-order valence-corrected chi connectivity index (χ4v) is 2.51. The number of rotatable bonds is 3. The molecule has 2 aromatic rings. The van der Waals surface area contributed by atoms with E-state index in [1.54, 1.807) is 0 Å². The van der Waals surface area contributed by atoms with Crippen LogP contribution in [0.25, 0.3) is 0 Å². The van der Waals surface area contributed by atoms with E-state index in [1.807, 2.05) is 43.3 Å². The van der Waals surface area contributed by atoms with Crippen LogP contribution in [0.1, 0.15) is 11.1 Å². The van der Waals surface area contributed by atoms with Crippen molar-refractivity contribution in [2.45, 2.75) is 13.5 Å². The summed E-state index contributed by atoms with van der Waals surface area (Å²) in [6.45, 7) is 2.49. The summed E-state index contributed by atoms with van der Waals surface area (Å²) >= 11 is 6.94. The van der Waals surface area contributed by atoms with Crippen molar-refractivity contribution in [1.29, 1.82) is 0 Å². The zero-order valence-corrected chi connectivity index (χ0v) is 13.1. The zero-order valence-electron chi connectivity index (χ0n) is 9.91. The second-order valence-corrected chi connectivity index (χ2v) is 5.76. The summed E-state index contributed by atoms with van der Waals surface area (Å²) in [6, 6.07) is 11.8. The molecule has 0 atom stereocenters. The van der Waals surface area contributed by atoms with Gasteiger partial charge in [0.2, 0.25) is 0 Å². The molecule has 94 valence electrons. The van der Waals surface area contributed by atoms with E-state index in [0.29, 0.717) is 6.54 Å². The highest BCUT2D eigenvalue weighted by Gasteiger charge is 2.07. The lowest BCUT2D eigenvalue weighted by molar-refractivity contribution is 0.473. The Bertz CT molecular complexity index is 570. The third-order valence-corrected chi connectivity index (χ3v) is 3.67. The molecule has 0 bridgehead atoms. The van der Waals surface area contributed by atoms with Crippen LogP contribution >= 0.6 is 31.9 Å². The van der Waals surface area contributed by atoms with Crippen molar-refractivity contribution in [1.82, 2.24) is 0 Å². The van der Waals surface area contributed by atoms with Crippen molar-refractivity contribution >= 4 is 31.9 Å². The number of benzene rings is 2. The highest BCUT2D eigenvalue weighted by Crippen LogP contribution is 2.33. The largest absolute Gasteiger partial charge is 0.456 e. The van der Waals surface area contributed by atoms with Gasteiger partial charge in [-0.2, -0.15) is 0 Å². The fourth-order valence-electron chi connectivity index (χ4n) is 1.60. The number of hydrogen-bond donors (Lipinski definition) is 1. The molecule has 2 N–H and O–H groups in total. The fraction of sp³-hybridized carbons (Fsp3) is 0.143. The second kappa shape index (κ2) is 5.87. The average molecular weight is 371 g/mol. The van der Waals surface area contributed by atoms with Gasteiger partial charge in [-0.15, -0.1) is 0 Å². The predicted octanol–water partition coefficient (Wildman–Crippen LogP) is 4.77. The molecule has 2 rings (SSSR count). The third kappa shape index (κ3) is 3.13. The van der Waals surface area contributed by atoms with Gasteiger partial charge in [-0.25, -0.2) is 0 Å². The van der Waals surface area contributed by atoms with Crippen LogP contribution in [0.4, 0.5) is 0 Å². The highest BCUT2D eigenvalue weighted by atomic mass is 79.9. The van der Waals surface area contributed by atoms with Gasteiger partial charge in [0.1, 0.15) is 11.5 Å². The van der Waals surface area contributed by atoms with Gasteiger partial charge >= 0.3 is 0 Å². The molecule has 2 aromatic carbocycles. The van der Waals surface area contributed by atoms with Gasteiger partial charge in [0, 0.05) is 16.6 Å². The quantitative estimate of drug-likeness (QED) is 0.844. The zero-order chi connectivity index (χ0) is 13.1. The monoisotopic (exact) mass is 369 g/mol. The van der Waals surface area contributed by atoms with Crippen LogP contribution in [0.2, 0.25) is 0 Å². The Morgan fingerprint density at radius 1 is 1.06 bits per heavy atom. The van der Waals surface area contributed by atoms with Crippen LogP contribution in [0.5, 0.6) is 11.5 Å². The van der Waals surface area contributed by atoms with Gasteiger partial charge in [-0.3, -0.25) is 0 Å². The van der Waals surface area contributed by atoms with E-state index in [4.69, 9.17) is 10.5 Å². The predicted molar refractivity (Wildman–Crippen MR) is 81.0 cm³/mol. The minimum Gasteiger partial charge on any atom is -0.456 e. The van der Waals surface area contributed by atoms with Crippen LogP contribution in [0, 0.1) is 6.92 Å². The molecule has 0 aliphatic rings. The van der Waals surface area contributed by atoms with Crippen molar-refractivity contribution in [3.05, 3.63) is 56.5 Å². The average Bonchev–Trinajstić information content (AvgIpc) is 2.33. The maximum absolute atomic E-state index is 5.91. The molecule has 0 heterocycles. The first-order valence-electron chi connectivity index (χ1n) is 5.52. The minimum atomic E-state index is 0.450. The van der Waals surface area contributed by atoms with Crippen molar-refractivity contribution in [3.63, 3.8) is 0 Å². The van der Waals surface area contributed by atoms with E-state index in [1.165, 1.54) is 5.56 Å². The van der Waals surface area contributed by atoms with Gasteiger partial charge in [0.25, 0.3) is 0 Å². The Morgan fingerprint density at radius 3 is 2.50 bits per heavy atom. The van der Waals surface area contributed by atoms with E-state index >= 15 is 0 Å². The topological polar surface area (TPSA) is 35.2 Å². The molecular weight excluding hydrogens is 358 g/mol. The molecule has 0 aromatic heterocycles. The molecule has 0 radical (unpaired) electrons. The lowest BCUT2D eigenvalue weighted by atomic mass is 10.2. The van der Waals surface area contributed by atoms with Gasteiger partial charge in [-0.05, 0) is 52.7 Å². The van der Waals surface area contributed by atoms with Gasteiger partial charge in [0.05, 0.1) is 4.47 Å². The summed E-state index contributed by atoms with van der Waals surface area (Å²) in [7, 11) is 0. The normalized spacial score (nSPS) is 10.4. The lowest BCUT2D eigenvalue weighted by Crippen LogP contribution is -1.99. The summed E-state index contributed by atoms with van der Waals surface area (Å²) < 4.78 is 7.82. The number of ether oxygens (including phenoxy) is 1. The first-order valence-corrected chi connectivity index (χ1v) is 7.11. The molecule has 0 unspecified atom stereocenters. The standard InChI is InChI=1S/C14H13Br2NO/c1-9-2-5-13(12(16)6-9)18-14-7-11(15)4-3-10(14)8-17/h2-7H,8,17H2,1H3. The van der Waals surface area contributed by atoms with Crippen LogP contribution < -0.4 is 10.5 Å². The summed E-state index contributed by atoms with van der Waals surface area (Å²) in [5.74, 6) is 1.56.